The van der Waals surface area contributed by atoms with Gasteiger partial charge in [0.2, 0.25) is 0 Å². The molecule has 2 aromatic rings. The van der Waals surface area contributed by atoms with Crippen molar-refractivity contribution in [2.45, 2.75) is 12.5 Å². The van der Waals surface area contributed by atoms with Crippen molar-refractivity contribution in [2.75, 3.05) is 0 Å². The van der Waals surface area contributed by atoms with Crippen LogP contribution >= 0.6 is 0 Å². The fourth-order valence-electron chi connectivity index (χ4n) is 1.56. The van der Waals surface area contributed by atoms with E-state index in [0.29, 0.717) is 11.3 Å². The molecule has 0 aliphatic heterocycles. The second-order valence-corrected chi connectivity index (χ2v) is 3.71. The lowest BCUT2D eigenvalue weighted by Crippen LogP contribution is -2.26. The summed E-state index contributed by atoms with van der Waals surface area (Å²) in [5.41, 5.74) is -0.536. The van der Waals surface area contributed by atoms with E-state index in [-0.39, 0.29) is 0 Å². The molecule has 0 amide bonds. The molecule has 1 unspecified atom stereocenters. The third-order valence-electron chi connectivity index (χ3n) is 2.48. The van der Waals surface area contributed by atoms with Gasteiger partial charge >= 0.3 is 0 Å². The Bertz CT molecular complexity index is 509. The zero-order chi connectivity index (χ0) is 11.8. The van der Waals surface area contributed by atoms with Crippen LogP contribution in [0.2, 0.25) is 0 Å². The molecule has 2 heterocycles. The Morgan fingerprint density at radius 3 is 2.69 bits per heavy atom. The van der Waals surface area contributed by atoms with E-state index in [4.69, 9.17) is 0 Å². The summed E-state index contributed by atoms with van der Waals surface area (Å²) in [4.78, 5) is 3.70. The molecule has 84 valence electrons. The summed E-state index contributed by atoms with van der Waals surface area (Å²) in [6, 6.07) is 1.24. The molecule has 5 nitrogen and oxygen atoms in total. The number of pyridine rings is 1. The van der Waals surface area contributed by atoms with Gasteiger partial charge in [-0.2, -0.15) is 0 Å². The smallest absolute Gasteiger partial charge is 0.141 e. The van der Waals surface area contributed by atoms with Gasteiger partial charge in [-0.15, -0.1) is 5.10 Å². The van der Waals surface area contributed by atoms with Crippen LogP contribution in [0.5, 0.6) is 0 Å². The predicted octanol–water partition coefficient (Wildman–Crippen LogP) is 0.605. The van der Waals surface area contributed by atoms with E-state index in [2.05, 4.69) is 15.3 Å². The number of aliphatic hydroxyl groups is 1. The maximum absolute atomic E-state index is 13.0. The fraction of sp³-hybridized carbons (Fsp3) is 0.300. The minimum Gasteiger partial charge on any atom is -0.379 e. The van der Waals surface area contributed by atoms with Crippen molar-refractivity contribution in [3.05, 3.63) is 41.7 Å². The molecule has 0 aliphatic rings. The summed E-state index contributed by atoms with van der Waals surface area (Å²) in [5, 5.41) is 17.7. The minimum atomic E-state index is -1.37. The van der Waals surface area contributed by atoms with Crippen molar-refractivity contribution in [1.29, 1.82) is 0 Å². The first-order valence-corrected chi connectivity index (χ1v) is 4.70. The molecule has 0 aromatic carbocycles. The number of hydrogen-bond donors (Lipinski definition) is 1. The van der Waals surface area contributed by atoms with E-state index in [1.807, 2.05) is 0 Å². The van der Waals surface area contributed by atoms with Crippen molar-refractivity contribution in [2.24, 2.45) is 7.05 Å². The zero-order valence-corrected chi connectivity index (χ0v) is 8.92. The standard InChI is InChI=1S/C10H11FN4O/c1-10(16,9-6-13-14-15(9)2)7-3-8(11)5-12-4-7/h3-6,16H,1-2H3. The maximum atomic E-state index is 13.0. The number of aromatic nitrogens is 4. The van der Waals surface area contributed by atoms with E-state index < -0.39 is 11.4 Å². The van der Waals surface area contributed by atoms with E-state index in [1.54, 1.807) is 14.0 Å². The predicted molar refractivity (Wildman–Crippen MR) is 53.9 cm³/mol. The molecule has 0 saturated heterocycles. The van der Waals surface area contributed by atoms with Crippen LogP contribution in [-0.4, -0.2) is 25.1 Å². The SMILES string of the molecule is Cn1nncc1C(C)(O)c1cncc(F)c1. The number of rotatable bonds is 2. The summed E-state index contributed by atoms with van der Waals surface area (Å²) in [5.74, 6) is -0.493. The summed E-state index contributed by atoms with van der Waals surface area (Å²) >= 11 is 0. The highest BCUT2D eigenvalue weighted by molar-refractivity contribution is 5.27. The molecule has 16 heavy (non-hydrogen) atoms. The first kappa shape index (κ1) is 10.7. The number of halogens is 1. The van der Waals surface area contributed by atoms with Gasteiger partial charge in [-0.05, 0) is 13.0 Å². The van der Waals surface area contributed by atoms with Crippen LogP contribution < -0.4 is 0 Å². The molecule has 6 heteroatoms. The molecule has 0 fully saturated rings. The van der Waals surface area contributed by atoms with Gasteiger partial charge in [0.1, 0.15) is 11.4 Å². The van der Waals surface area contributed by atoms with Crippen LogP contribution in [0.25, 0.3) is 0 Å². The molecule has 0 bridgehead atoms. The van der Waals surface area contributed by atoms with Crippen molar-refractivity contribution in [3.63, 3.8) is 0 Å². The van der Waals surface area contributed by atoms with Crippen LogP contribution in [-0.2, 0) is 12.6 Å². The monoisotopic (exact) mass is 222 g/mol. The normalized spacial score (nSPS) is 14.8. The molecular formula is C10H11FN4O. The van der Waals surface area contributed by atoms with Gasteiger partial charge in [-0.25, -0.2) is 9.07 Å². The lowest BCUT2D eigenvalue weighted by molar-refractivity contribution is 0.0921. The highest BCUT2D eigenvalue weighted by atomic mass is 19.1. The first-order valence-electron chi connectivity index (χ1n) is 4.70. The van der Waals surface area contributed by atoms with Crippen molar-refractivity contribution < 1.29 is 9.50 Å². The van der Waals surface area contributed by atoms with Gasteiger partial charge in [-0.3, -0.25) is 4.98 Å². The van der Waals surface area contributed by atoms with Crippen LogP contribution in [0.1, 0.15) is 18.2 Å². The topological polar surface area (TPSA) is 63.8 Å². The van der Waals surface area contributed by atoms with E-state index >= 15 is 0 Å². The molecule has 1 atom stereocenters. The van der Waals surface area contributed by atoms with E-state index in [1.165, 1.54) is 23.1 Å². The van der Waals surface area contributed by atoms with Crippen molar-refractivity contribution >= 4 is 0 Å². The van der Waals surface area contributed by atoms with Gasteiger partial charge in [0.15, 0.2) is 0 Å². The molecule has 2 rings (SSSR count). The second-order valence-electron chi connectivity index (χ2n) is 3.71. The summed E-state index contributed by atoms with van der Waals surface area (Å²) in [6.45, 7) is 1.54. The highest BCUT2D eigenvalue weighted by Gasteiger charge is 2.30. The molecule has 0 saturated carbocycles. The second kappa shape index (κ2) is 3.64. The average Bonchev–Trinajstić information content (AvgIpc) is 2.65. The van der Waals surface area contributed by atoms with Crippen LogP contribution in [0.4, 0.5) is 4.39 Å². The first-order chi connectivity index (χ1) is 7.51. The molecule has 1 N–H and O–H groups in total. The fourth-order valence-corrected chi connectivity index (χ4v) is 1.56. The lowest BCUT2D eigenvalue weighted by atomic mass is 9.94. The Morgan fingerprint density at radius 2 is 2.12 bits per heavy atom. The Kier molecular flexibility index (Phi) is 2.43. The van der Waals surface area contributed by atoms with Crippen LogP contribution in [0.3, 0.4) is 0 Å². The van der Waals surface area contributed by atoms with Crippen LogP contribution in [0, 0.1) is 5.82 Å². The lowest BCUT2D eigenvalue weighted by Gasteiger charge is -2.22. The maximum Gasteiger partial charge on any atom is 0.141 e. The third-order valence-corrected chi connectivity index (χ3v) is 2.48. The summed E-state index contributed by atoms with van der Waals surface area (Å²) in [7, 11) is 1.66. The van der Waals surface area contributed by atoms with Crippen LogP contribution in [0.15, 0.2) is 24.7 Å². The third kappa shape index (κ3) is 1.67. The average molecular weight is 222 g/mol. The van der Waals surface area contributed by atoms with Crippen molar-refractivity contribution in [1.82, 2.24) is 20.0 Å². The number of aryl methyl sites for hydroxylation is 1. The highest BCUT2D eigenvalue weighted by Crippen LogP contribution is 2.27. The summed E-state index contributed by atoms with van der Waals surface area (Å²) < 4.78 is 14.5. The minimum absolute atomic E-state index is 0.359. The molecule has 0 spiro atoms. The molecule has 0 radical (unpaired) electrons. The number of nitrogens with zero attached hydrogens (tertiary/aromatic N) is 4. The Labute approximate surface area is 91.6 Å². The summed E-state index contributed by atoms with van der Waals surface area (Å²) in [6.07, 6.45) is 3.93. The largest absolute Gasteiger partial charge is 0.379 e. The van der Waals surface area contributed by atoms with E-state index in [9.17, 15) is 9.50 Å². The number of hydrogen-bond acceptors (Lipinski definition) is 4. The molecule has 2 aromatic heterocycles. The Balaban J connectivity index is 2.51. The Morgan fingerprint density at radius 1 is 1.38 bits per heavy atom. The van der Waals surface area contributed by atoms with Gasteiger partial charge in [-0.1, -0.05) is 5.21 Å². The van der Waals surface area contributed by atoms with E-state index in [0.717, 1.165) is 6.20 Å². The van der Waals surface area contributed by atoms with Gasteiger partial charge in [0, 0.05) is 18.8 Å². The molecule has 0 aliphatic carbocycles. The molecular weight excluding hydrogens is 211 g/mol. The Hall–Kier alpha value is -1.82. The zero-order valence-electron chi connectivity index (χ0n) is 8.92. The van der Waals surface area contributed by atoms with Gasteiger partial charge < -0.3 is 5.11 Å². The van der Waals surface area contributed by atoms with Gasteiger partial charge in [0.05, 0.1) is 18.1 Å². The quantitative estimate of drug-likeness (QED) is 0.808. The van der Waals surface area contributed by atoms with Crippen molar-refractivity contribution in [3.8, 4) is 0 Å². The van der Waals surface area contributed by atoms with Gasteiger partial charge in [0.25, 0.3) is 0 Å².